The number of rotatable bonds is 2. The topological polar surface area (TPSA) is 67.5 Å². The van der Waals surface area contributed by atoms with E-state index in [-0.39, 0.29) is 5.91 Å². The van der Waals surface area contributed by atoms with Crippen LogP contribution in [-0.2, 0) is 0 Å². The van der Waals surface area contributed by atoms with E-state index in [0.29, 0.717) is 23.1 Å². The lowest BCUT2D eigenvalue weighted by Crippen LogP contribution is -2.35. The number of benzene rings is 1. The Morgan fingerprint density at radius 1 is 1.33 bits per heavy atom. The number of nitrogens with zero attached hydrogens (tertiary/aromatic N) is 1. The fourth-order valence-corrected chi connectivity index (χ4v) is 2.48. The molecule has 3 N–H and O–H groups in total. The zero-order valence-electron chi connectivity index (χ0n) is 9.97. The van der Waals surface area contributed by atoms with Crippen molar-refractivity contribution in [1.29, 1.82) is 0 Å². The van der Waals surface area contributed by atoms with Crippen molar-refractivity contribution in [1.82, 2.24) is 5.43 Å². The molecule has 3 rings (SSSR count). The lowest BCUT2D eigenvalue weighted by Gasteiger charge is -2.31. The van der Waals surface area contributed by atoms with Crippen LogP contribution >= 0.6 is 0 Å². The molecule has 2 atom stereocenters. The van der Waals surface area contributed by atoms with Crippen LogP contribution in [-0.4, -0.2) is 11.6 Å². The second kappa shape index (κ2) is 4.29. The molecule has 4 nitrogen and oxygen atoms in total. The number of nitrogens with one attached hydrogen (secondary N) is 1. The summed E-state index contributed by atoms with van der Waals surface area (Å²) < 4.78 is 0. The quantitative estimate of drug-likeness (QED) is 0.472. The number of hydrazone groups is 1. The van der Waals surface area contributed by atoms with Crippen molar-refractivity contribution in [2.75, 3.05) is 5.73 Å². The fourth-order valence-electron chi connectivity index (χ4n) is 2.48. The first-order valence-corrected chi connectivity index (χ1v) is 6.13. The number of allylic oxidation sites excluding steroid dienone is 2. The van der Waals surface area contributed by atoms with Crippen LogP contribution in [0.2, 0.25) is 0 Å². The molecule has 0 aromatic heterocycles. The molecule has 1 amide bonds. The van der Waals surface area contributed by atoms with Gasteiger partial charge in [-0.2, -0.15) is 5.10 Å². The SMILES string of the molecule is Nc1ccc(C(=O)N/N=C2/C[C@H]3C=CC[C@H]23)cc1. The standard InChI is InChI=1S/C14H15N3O/c15-11-6-4-9(5-7-11)14(18)17-16-13-8-10-2-1-3-12(10)13/h1-2,4-7,10,12H,3,8,15H2,(H,17,18)/b16-13-/t10-,12+/m1/s1. The molecular weight excluding hydrogens is 226 g/mol. The highest BCUT2D eigenvalue weighted by atomic mass is 16.2. The minimum Gasteiger partial charge on any atom is -0.399 e. The normalized spacial score (nSPS) is 26.8. The van der Waals surface area contributed by atoms with E-state index in [1.165, 1.54) is 0 Å². The first-order valence-electron chi connectivity index (χ1n) is 6.13. The number of nitrogens with two attached hydrogens (primary N) is 1. The van der Waals surface area contributed by atoms with Crippen molar-refractivity contribution in [3.8, 4) is 0 Å². The second-order valence-electron chi connectivity index (χ2n) is 4.80. The van der Waals surface area contributed by atoms with Crippen molar-refractivity contribution in [3.63, 3.8) is 0 Å². The maximum Gasteiger partial charge on any atom is 0.271 e. The van der Waals surface area contributed by atoms with Crippen molar-refractivity contribution >= 4 is 17.3 Å². The molecule has 0 spiro atoms. The predicted octanol–water partition coefficient (Wildman–Crippen LogP) is 1.95. The van der Waals surface area contributed by atoms with Gasteiger partial charge in [0.25, 0.3) is 5.91 Å². The van der Waals surface area contributed by atoms with Crippen molar-refractivity contribution in [2.45, 2.75) is 12.8 Å². The highest BCUT2D eigenvalue weighted by Gasteiger charge is 2.37. The molecule has 4 heteroatoms. The molecule has 0 unspecified atom stereocenters. The molecule has 92 valence electrons. The predicted molar refractivity (Wildman–Crippen MR) is 71.1 cm³/mol. The molecule has 1 aromatic carbocycles. The van der Waals surface area contributed by atoms with Crippen LogP contribution in [0.5, 0.6) is 0 Å². The summed E-state index contributed by atoms with van der Waals surface area (Å²) in [6.45, 7) is 0. The van der Waals surface area contributed by atoms with Gasteiger partial charge in [-0.1, -0.05) is 12.2 Å². The first-order chi connectivity index (χ1) is 8.74. The average Bonchev–Trinajstić information content (AvgIpc) is 2.72. The number of anilines is 1. The molecule has 0 aliphatic heterocycles. The first kappa shape index (κ1) is 11.0. The summed E-state index contributed by atoms with van der Waals surface area (Å²) in [4.78, 5) is 11.8. The zero-order valence-corrected chi connectivity index (χ0v) is 9.97. The summed E-state index contributed by atoms with van der Waals surface area (Å²) in [6.07, 6.45) is 6.47. The van der Waals surface area contributed by atoms with E-state index in [0.717, 1.165) is 18.6 Å². The van der Waals surface area contributed by atoms with Gasteiger partial charge >= 0.3 is 0 Å². The Kier molecular flexibility index (Phi) is 2.63. The largest absolute Gasteiger partial charge is 0.399 e. The summed E-state index contributed by atoms with van der Waals surface area (Å²) in [5.74, 6) is 0.991. The van der Waals surface area contributed by atoms with Crippen LogP contribution in [0.15, 0.2) is 41.5 Å². The lowest BCUT2D eigenvalue weighted by atomic mass is 9.74. The Bertz CT molecular complexity index is 530. The van der Waals surface area contributed by atoms with E-state index in [2.05, 4.69) is 22.7 Å². The lowest BCUT2D eigenvalue weighted by molar-refractivity contribution is 0.0954. The van der Waals surface area contributed by atoms with E-state index < -0.39 is 0 Å². The van der Waals surface area contributed by atoms with Crippen molar-refractivity contribution < 1.29 is 4.79 Å². The van der Waals surface area contributed by atoms with Crippen LogP contribution < -0.4 is 11.2 Å². The number of carbonyl (C=O) groups excluding carboxylic acids is 1. The third-order valence-corrected chi connectivity index (χ3v) is 3.64. The van der Waals surface area contributed by atoms with Gasteiger partial charge in [0.1, 0.15) is 0 Å². The third kappa shape index (κ3) is 1.90. The van der Waals surface area contributed by atoms with Crippen LogP contribution in [0.1, 0.15) is 23.2 Å². The molecule has 0 saturated heterocycles. The molecule has 1 saturated carbocycles. The molecule has 1 fully saturated rings. The number of amides is 1. The van der Waals surface area contributed by atoms with E-state index in [9.17, 15) is 4.79 Å². The Balaban J connectivity index is 1.62. The van der Waals surface area contributed by atoms with Crippen molar-refractivity contribution in [3.05, 3.63) is 42.0 Å². The van der Waals surface area contributed by atoms with E-state index in [1.54, 1.807) is 24.3 Å². The van der Waals surface area contributed by atoms with Crippen LogP contribution in [0.25, 0.3) is 0 Å². The molecule has 2 aliphatic rings. The van der Waals surface area contributed by atoms with E-state index >= 15 is 0 Å². The molecule has 0 heterocycles. The number of fused-ring (bicyclic) bond motifs is 1. The van der Waals surface area contributed by atoms with Gasteiger partial charge in [-0.25, -0.2) is 5.43 Å². The smallest absolute Gasteiger partial charge is 0.271 e. The molecule has 0 bridgehead atoms. The number of hydrogen-bond donors (Lipinski definition) is 2. The molecule has 18 heavy (non-hydrogen) atoms. The van der Waals surface area contributed by atoms with Gasteiger partial charge in [0.2, 0.25) is 0 Å². The highest BCUT2D eigenvalue weighted by Crippen LogP contribution is 2.40. The van der Waals surface area contributed by atoms with Crippen molar-refractivity contribution in [2.24, 2.45) is 16.9 Å². The van der Waals surface area contributed by atoms with Crippen LogP contribution in [0, 0.1) is 11.8 Å². The third-order valence-electron chi connectivity index (χ3n) is 3.64. The number of hydrogen-bond acceptors (Lipinski definition) is 3. The Morgan fingerprint density at radius 3 is 2.83 bits per heavy atom. The Hall–Kier alpha value is -2.10. The zero-order chi connectivity index (χ0) is 12.5. The minimum absolute atomic E-state index is 0.183. The summed E-state index contributed by atoms with van der Waals surface area (Å²) in [5.41, 5.74) is 10.5. The number of carbonyl (C=O) groups is 1. The Morgan fingerprint density at radius 2 is 2.11 bits per heavy atom. The second-order valence-corrected chi connectivity index (χ2v) is 4.80. The summed E-state index contributed by atoms with van der Waals surface area (Å²) in [5, 5.41) is 4.22. The summed E-state index contributed by atoms with van der Waals surface area (Å²) in [6, 6.07) is 6.82. The fraction of sp³-hybridized carbons (Fsp3) is 0.286. The maximum absolute atomic E-state index is 11.8. The average molecular weight is 241 g/mol. The van der Waals surface area contributed by atoms with Gasteiger partial charge in [-0.3, -0.25) is 4.79 Å². The van der Waals surface area contributed by atoms with Gasteiger partial charge in [0.15, 0.2) is 0 Å². The summed E-state index contributed by atoms with van der Waals surface area (Å²) >= 11 is 0. The molecule has 0 radical (unpaired) electrons. The van der Waals surface area contributed by atoms with Crippen LogP contribution in [0.4, 0.5) is 5.69 Å². The summed E-state index contributed by atoms with van der Waals surface area (Å²) in [7, 11) is 0. The van der Waals surface area contributed by atoms with Gasteiger partial charge in [0, 0.05) is 22.9 Å². The molecular formula is C14H15N3O. The van der Waals surface area contributed by atoms with Gasteiger partial charge in [-0.05, 0) is 43.0 Å². The maximum atomic E-state index is 11.8. The number of nitrogen functional groups attached to an aromatic ring is 1. The van der Waals surface area contributed by atoms with Gasteiger partial charge in [0.05, 0.1) is 0 Å². The highest BCUT2D eigenvalue weighted by molar-refractivity contribution is 5.98. The molecule has 1 aromatic rings. The van der Waals surface area contributed by atoms with Gasteiger partial charge < -0.3 is 5.73 Å². The monoisotopic (exact) mass is 241 g/mol. The minimum atomic E-state index is -0.183. The molecule has 2 aliphatic carbocycles. The van der Waals surface area contributed by atoms with E-state index in [4.69, 9.17) is 5.73 Å². The van der Waals surface area contributed by atoms with Gasteiger partial charge in [-0.15, -0.1) is 0 Å². The van der Waals surface area contributed by atoms with E-state index in [1.807, 2.05) is 0 Å². The van der Waals surface area contributed by atoms with Crippen LogP contribution in [0.3, 0.4) is 0 Å². The Labute approximate surface area is 106 Å².